The van der Waals surface area contributed by atoms with Gasteiger partial charge in [-0.3, -0.25) is 4.90 Å². The molecule has 1 aromatic rings. The van der Waals surface area contributed by atoms with Crippen LogP contribution in [0, 0.1) is 0 Å². The fourth-order valence-corrected chi connectivity index (χ4v) is 1.52. The van der Waals surface area contributed by atoms with E-state index in [0.29, 0.717) is 12.1 Å². The lowest BCUT2D eigenvalue weighted by molar-refractivity contribution is 0.162. The van der Waals surface area contributed by atoms with Crippen LogP contribution in [-0.4, -0.2) is 27.0 Å². The van der Waals surface area contributed by atoms with Gasteiger partial charge in [0, 0.05) is 24.5 Å². The fourth-order valence-electron chi connectivity index (χ4n) is 1.52. The molecule has 1 N–H and O–H groups in total. The van der Waals surface area contributed by atoms with Crippen molar-refractivity contribution in [3.05, 3.63) is 18.2 Å². The number of aromatic nitrogens is 2. The summed E-state index contributed by atoms with van der Waals surface area (Å²) in [6, 6.07) is 1.12. The summed E-state index contributed by atoms with van der Waals surface area (Å²) in [5, 5.41) is 0. The SMILES string of the molecule is CC(C)N(Cc1ncc[nH]1)C(C)C. The molecule has 0 fully saturated rings. The quantitative estimate of drug-likeness (QED) is 0.770. The van der Waals surface area contributed by atoms with Gasteiger partial charge >= 0.3 is 0 Å². The van der Waals surface area contributed by atoms with Crippen molar-refractivity contribution in [1.82, 2.24) is 14.9 Å². The lowest BCUT2D eigenvalue weighted by atomic mass is 10.2. The van der Waals surface area contributed by atoms with Crippen LogP contribution in [0.15, 0.2) is 12.4 Å². The topological polar surface area (TPSA) is 31.9 Å². The van der Waals surface area contributed by atoms with E-state index in [4.69, 9.17) is 0 Å². The number of hydrogen-bond donors (Lipinski definition) is 1. The van der Waals surface area contributed by atoms with Crippen LogP contribution >= 0.6 is 0 Å². The second-order valence-electron chi connectivity index (χ2n) is 3.90. The number of nitrogens with zero attached hydrogens (tertiary/aromatic N) is 2. The van der Waals surface area contributed by atoms with Crippen molar-refractivity contribution >= 4 is 0 Å². The van der Waals surface area contributed by atoms with E-state index < -0.39 is 0 Å². The number of hydrogen-bond acceptors (Lipinski definition) is 2. The number of H-pyrrole nitrogens is 1. The van der Waals surface area contributed by atoms with Crippen LogP contribution in [0.5, 0.6) is 0 Å². The molecule has 74 valence electrons. The van der Waals surface area contributed by atoms with Crippen LogP contribution in [0.1, 0.15) is 33.5 Å². The monoisotopic (exact) mass is 181 g/mol. The van der Waals surface area contributed by atoms with Gasteiger partial charge in [-0.2, -0.15) is 0 Å². The Balaban J connectivity index is 2.58. The smallest absolute Gasteiger partial charge is 0.120 e. The van der Waals surface area contributed by atoms with Crippen LogP contribution in [0.25, 0.3) is 0 Å². The average molecular weight is 181 g/mol. The highest BCUT2D eigenvalue weighted by Gasteiger charge is 2.14. The van der Waals surface area contributed by atoms with Gasteiger partial charge in [0.05, 0.1) is 6.54 Å². The molecule has 0 radical (unpaired) electrons. The number of nitrogens with one attached hydrogen (secondary N) is 1. The van der Waals surface area contributed by atoms with Gasteiger partial charge in [-0.05, 0) is 27.7 Å². The Morgan fingerprint density at radius 3 is 2.31 bits per heavy atom. The van der Waals surface area contributed by atoms with Gasteiger partial charge in [0.1, 0.15) is 5.82 Å². The van der Waals surface area contributed by atoms with Gasteiger partial charge in [0.25, 0.3) is 0 Å². The largest absolute Gasteiger partial charge is 0.348 e. The third-order valence-corrected chi connectivity index (χ3v) is 2.21. The molecule has 0 aliphatic heterocycles. The zero-order valence-corrected chi connectivity index (χ0v) is 8.91. The van der Waals surface area contributed by atoms with Crippen molar-refractivity contribution in [2.45, 2.75) is 46.3 Å². The summed E-state index contributed by atoms with van der Waals surface area (Å²) in [5.74, 6) is 1.04. The lowest BCUT2D eigenvalue weighted by Gasteiger charge is -2.29. The molecule has 0 saturated heterocycles. The molecule has 0 aliphatic rings. The Hall–Kier alpha value is -0.830. The molecular formula is C10H19N3. The van der Waals surface area contributed by atoms with Gasteiger partial charge < -0.3 is 4.98 Å². The highest BCUT2D eigenvalue weighted by atomic mass is 15.2. The third-order valence-electron chi connectivity index (χ3n) is 2.21. The van der Waals surface area contributed by atoms with E-state index in [0.717, 1.165) is 12.4 Å². The van der Waals surface area contributed by atoms with Crippen molar-refractivity contribution in [1.29, 1.82) is 0 Å². The van der Waals surface area contributed by atoms with Crippen molar-refractivity contribution in [2.75, 3.05) is 0 Å². The van der Waals surface area contributed by atoms with Crippen LogP contribution in [0.2, 0.25) is 0 Å². The summed E-state index contributed by atoms with van der Waals surface area (Å²) in [4.78, 5) is 9.75. The van der Waals surface area contributed by atoms with E-state index >= 15 is 0 Å². The van der Waals surface area contributed by atoms with Crippen molar-refractivity contribution in [2.24, 2.45) is 0 Å². The van der Waals surface area contributed by atoms with Crippen molar-refractivity contribution in [3.63, 3.8) is 0 Å². The predicted octanol–water partition coefficient (Wildman–Crippen LogP) is 2.03. The van der Waals surface area contributed by atoms with E-state index in [1.165, 1.54) is 0 Å². The molecule has 0 atom stereocenters. The van der Waals surface area contributed by atoms with E-state index in [1.807, 2.05) is 6.20 Å². The molecule has 13 heavy (non-hydrogen) atoms. The Morgan fingerprint density at radius 2 is 1.92 bits per heavy atom. The summed E-state index contributed by atoms with van der Waals surface area (Å²) in [6.45, 7) is 9.75. The highest BCUT2D eigenvalue weighted by Crippen LogP contribution is 2.08. The van der Waals surface area contributed by atoms with Crippen molar-refractivity contribution in [3.8, 4) is 0 Å². The van der Waals surface area contributed by atoms with Gasteiger partial charge in [0.2, 0.25) is 0 Å². The molecular weight excluding hydrogens is 162 g/mol. The van der Waals surface area contributed by atoms with Gasteiger partial charge in [-0.1, -0.05) is 0 Å². The predicted molar refractivity (Wildman–Crippen MR) is 54.4 cm³/mol. The summed E-state index contributed by atoms with van der Waals surface area (Å²) < 4.78 is 0. The second kappa shape index (κ2) is 4.42. The molecule has 1 aromatic heterocycles. The van der Waals surface area contributed by atoms with Gasteiger partial charge in [-0.25, -0.2) is 4.98 Å². The summed E-state index contributed by atoms with van der Waals surface area (Å²) in [5.41, 5.74) is 0. The molecule has 0 aliphatic carbocycles. The van der Waals surface area contributed by atoms with Crippen molar-refractivity contribution < 1.29 is 0 Å². The normalized spacial score (nSPS) is 11.9. The Bertz CT molecular complexity index is 218. The summed E-state index contributed by atoms with van der Waals surface area (Å²) in [6.07, 6.45) is 3.67. The summed E-state index contributed by atoms with van der Waals surface area (Å²) in [7, 11) is 0. The highest BCUT2D eigenvalue weighted by molar-refractivity contribution is 4.88. The molecule has 0 unspecified atom stereocenters. The minimum absolute atomic E-state index is 0.560. The van der Waals surface area contributed by atoms with Crippen LogP contribution < -0.4 is 0 Å². The maximum atomic E-state index is 4.22. The molecule has 1 heterocycles. The first-order valence-corrected chi connectivity index (χ1v) is 4.85. The molecule has 0 amide bonds. The first-order valence-electron chi connectivity index (χ1n) is 4.85. The Labute approximate surface area is 80.2 Å². The van der Waals surface area contributed by atoms with E-state index in [9.17, 15) is 0 Å². The minimum atomic E-state index is 0.560. The van der Waals surface area contributed by atoms with Crippen LogP contribution in [-0.2, 0) is 6.54 Å². The van der Waals surface area contributed by atoms with E-state index in [-0.39, 0.29) is 0 Å². The van der Waals surface area contributed by atoms with Gasteiger partial charge in [-0.15, -0.1) is 0 Å². The first-order chi connectivity index (χ1) is 6.11. The molecule has 3 nitrogen and oxygen atoms in total. The minimum Gasteiger partial charge on any atom is -0.348 e. The Morgan fingerprint density at radius 1 is 1.31 bits per heavy atom. The molecule has 0 spiro atoms. The maximum absolute atomic E-state index is 4.22. The van der Waals surface area contributed by atoms with E-state index in [1.54, 1.807) is 6.20 Å². The van der Waals surface area contributed by atoms with Gasteiger partial charge in [0.15, 0.2) is 0 Å². The molecule has 3 heteroatoms. The summed E-state index contributed by atoms with van der Waals surface area (Å²) >= 11 is 0. The standard InChI is InChI=1S/C10H19N3/c1-8(2)13(9(3)4)7-10-11-5-6-12-10/h5-6,8-9H,7H2,1-4H3,(H,11,12). The average Bonchev–Trinajstić information content (AvgIpc) is 2.50. The fraction of sp³-hybridized carbons (Fsp3) is 0.700. The molecule has 1 rings (SSSR count). The maximum Gasteiger partial charge on any atom is 0.120 e. The first kappa shape index (κ1) is 10.3. The molecule has 0 bridgehead atoms. The second-order valence-corrected chi connectivity index (χ2v) is 3.90. The lowest BCUT2D eigenvalue weighted by Crippen LogP contribution is -2.36. The van der Waals surface area contributed by atoms with Crippen LogP contribution in [0.4, 0.5) is 0 Å². The molecule has 0 aromatic carbocycles. The van der Waals surface area contributed by atoms with Crippen LogP contribution in [0.3, 0.4) is 0 Å². The number of imidazole rings is 1. The zero-order valence-electron chi connectivity index (χ0n) is 8.91. The zero-order chi connectivity index (χ0) is 9.84. The number of rotatable bonds is 4. The van der Waals surface area contributed by atoms with E-state index in [2.05, 4.69) is 42.6 Å². The third kappa shape index (κ3) is 2.84. The number of aromatic amines is 1. The molecule has 0 saturated carbocycles. The Kier molecular flexibility index (Phi) is 3.48.